The van der Waals surface area contributed by atoms with E-state index in [9.17, 15) is 9.59 Å². The zero-order chi connectivity index (χ0) is 21.9. The Kier molecular flexibility index (Phi) is 16.3. The van der Waals surface area contributed by atoms with Crippen molar-refractivity contribution in [3.8, 4) is 0 Å². The van der Waals surface area contributed by atoms with E-state index in [0.717, 1.165) is 11.4 Å². The first-order valence-corrected chi connectivity index (χ1v) is 10.3. The summed E-state index contributed by atoms with van der Waals surface area (Å²) in [5.74, 6) is -0.594. The Morgan fingerprint density at radius 3 is 1.30 bits per heavy atom. The van der Waals surface area contributed by atoms with Crippen LogP contribution in [0.1, 0.15) is 0 Å². The topological polar surface area (TPSA) is 96.0 Å². The van der Waals surface area contributed by atoms with E-state index in [-0.39, 0.29) is 18.4 Å². The van der Waals surface area contributed by atoms with Crippen LogP contribution in [0, 0.1) is 0 Å². The van der Waals surface area contributed by atoms with Crippen molar-refractivity contribution in [3.05, 3.63) is 12.2 Å². The van der Waals surface area contributed by atoms with Crippen LogP contribution in [0.5, 0.6) is 0 Å². The third-order valence-electron chi connectivity index (χ3n) is 3.90. The van der Waals surface area contributed by atoms with Gasteiger partial charge in [0.25, 0.3) is 11.8 Å². The third kappa shape index (κ3) is 14.6. The van der Waals surface area contributed by atoms with Crippen molar-refractivity contribution in [3.63, 3.8) is 0 Å². The zero-order valence-corrected chi connectivity index (χ0v) is 18.2. The fourth-order valence-electron chi connectivity index (χ4n) is 2.26. The first kappa shape index (κ1) is 26.6. The number of carbonyl (C=O) groups is 2. The van der Waals surface area contributed by atoms with Crippen LogP contribution in [0.25, 0.3) is 0 Å². The predicted octanol–water partition coefficient (Wildman–Crippen LogP) is -0.427. The van der Waals surface area contributed by atoms with E-state index in [1.54, 1.807) is 0 Å². The molecule has 1 rings (SSSR count). The first-order valence-electron chi connectivity index (χ1n) is 10.3. The summed E-state index contributed by atoms with van der Waals surface area (Å²) < 4.78 is 32.3. The molecule has 1 aliphatic rings. The van der Waals surface area contributed by atoms with Crippen LogP contribution in [0.3, 0.4) is 0 Å². The van der Waals surface area contributed by atoms with Gasteiger partial charge < -0.3 is 33.3 Å². The number of nitrogens with zero attached hydrogens (tertiary/aromatic N) is 2. The van der Waals surface area contributed by atoms with Gasteiger partial charge >= 0.3 is 0 Å². The fourth-order valence-corrected chi connectivity index (χ4v) is 2.26. The number of hydrogen-bond donors (Lipinski definition) is 0. The van der Waals surface area contributed by atoms with Crippen molar-refractivity contribution in [2.75, 3.05) is 106 Å². The zero-order valence-electron chi connectivity index (χ0n) is 18.2. The van der Waals surface area contributed by atoms with Gasteiger partial charge in [-0.1, -0.05) is 0 Å². The minimum Gasteiger partial charge on any atom is -0.378 e. The summed E-state index contributed by atoms with van der Waals surface area (Å²) in [6.07, 6.45) is 2.52. The highest BCUT2D eigenvalue weighted by Crippen LogP contribution is 2.02. The number of hydrogen-bond acceptors (Lipinski definition) is 9. The summed E-state index contributed by atoms with van der Waals surface area (Å²) in [5, 5.41) is 0. The van der Waals surface area contributed by atoms with Gasteiger partial charge in [-0.15, -0.1) is 0 Å². The van der Waals surface area contributed by atoms with Crippen LogP contribution < -0.4 is 0 Å². The fraction of sp³-hybridized carbons (Fsp3) is 0.800. The van der Waals surface area contributed by atoms with Gasteiger partial charge in [-0.2, -0.15) is 0 Å². The standard InChI is InChI=1S/C20H36N2O8/c1-21(2)5-7-25-9-11-27-13-15-29-17-18-30-16-14-28-12-10-26-8-6-22-19(23)3-4-20(22)24/h3-4H,5-18H2,1-2H3. The van der Waals surface area contributed by atoms with Crippen LogP contribution >= 0.6 is 0 Å². The number of amides is 2. The van der Waals surface area contributed by atoms with Gasteiger partial charge in [0.05, 0.1) is 85.8 Å². The van der Waals surface area contributed by atoms with Gasteiger partial charge in [-0.3, -0.25) is 14.5 Å². The van der Waals surface area contributed by atoms with Gasteiger partial charge in [0.1, 0.15) is 0 Å². The summed E-state index contributed by atoms with van der Waals surface area (Å²) in [6.45, 7) is 7.17. The number of rotatable bonds is 21. The monoisotopic (exact) mass is 432 g/mol. The van der Waals surface area contributed by atoms with E-state index in [0.29, 0.717) is 79.3 Å². The molecule has 174 valence electrons. The van der Waals surface area contributed by atoms with E-state index in [1.165, 1.54) is 12.2 Å². The van der Waals surface area contributed by atoms with E-state index < -0.39 is 0 Å². The Morgan fingerprint density at radius 2 is 0.933 bits per heavy atom. The molecule has 10 heteroatoms. The molecule has 0 aromatic heterocycles. The second-order valence-corrected chi connectivity index (χ2v) is 6.64. The van der Waals surface area contributed by atoms with Gasteiger partial charge in [0.15, 0.2) is 0 Å². The summed E-state index contributed by atoms with van der Waals surface area (Å²) >= 11 is 0. The molecule has 0 N–H and O–H groups in total. The molecule has 0 aliphatic carbocycles. The molecule has 2 amide bonds. The average molecular weight is 433 g/mol. The van der Waals surface area contributed by atoms with Crippen molar-refractivity contribution in [2.45, 2.75) is 0 Å². The normalized spacial score (nSPS) is 13.9. The molecule has 0 unspecified atom stereocenters. The highest BCUT2D eigenvalue weighted by Gasteiger charge is 2.22. The van der Waals surface area contributed by atoms with E-state index in [2.05, 4.69) is 4.90 Å². The summed E-state index contributed by atoms with van der Waals surface area (Å²) in [7, 11) is 4.02. The van der Waals surface area contributed by atoms with Crippen LogP contribution in [0.2, 0.25) is 0 Å². The highest BCUT2D eigenvalue weighted by molar-refractivity contribution is 6.12. The second-order valence-electron chi connectivity index (χ2n) is 6.64. The Balaban J connectivity index is 1.69. The van der Waals surface area contributed by atoms with Crippen molar-refractivity contribution in [1.82, 2.24) is 9.80 Å². The Bertz CT molecular complexity index is 469. The van der Waals surface area contributed by atoms with Gasteiger partial charge in [0.2, 0.25) is 0 Å². The minimum atomic E-state index is -0.297. The second kappa shape index (κ2) is 18.4. The molecule has 0 saturated heterocycles. The van der Waals surface area contributed by atoms with Gasteiger partial charge in [0, 0.05) is 18.7 Å². The molecule has 0 fully saturated rings. The predicted molar refractivity (Wildman–Crippen MR) is 109 cm³/mol. The van der Waals surface area contributed by atoms with Crippen molar-refractivity contribution in [1.29, 1.82) is 0 Å². The summed E-state index contributed by atoms with van der Waals surface area (Å²) in [4.78, 5) is 25.9. The van der Waals surface area contributed by atoms with Crippen molar-refractivity contribution >= 4 is 11.8 Å². The van der Waals surface area contributed by atoms with E-state index in [4.69, 9.17) is 28.4 Å². The first-order chi connectivity index (χ1) is 14.6. The molecule has 0 bridgehead atoms. The molecule has 0 radical (unpaired) electrons. The van der Waals surface area contributed by atoms with Crippen LogP contribution in [0.4, 0.5) is 0 Å². The molecule has 0 atom stereocenters. The smallest absolute Gasteiger partial charge is 0.253 e. The Morgan fingerprint density at radius 1 is 0.600 bits per heavy atom. The number of imide groups is 1. The molecule has 10 nitrogen and oxygen atoms in total. The SMILES string of the molecule is CN(C)CCOCCOCCOCCOCCOCCOCCN1C(=O)C=CC1=O. The molecule has 0 saturated carbocycles. The highest BCUT2D eigenvalue weighted by atomic mass is 16.6. The summed E-state index contributed by atoms with van der Waals surface area (Å²) in [5.41, 5.74) is 0. The van der Waals surface area contributed by atoms with Gasteiger partial charge in [-0.25, -0.2) is 0 Å². The van der Waals surface area contributed by atoms with Crippen LogP contribution in [0.15, 0.2) is 12.2 Å². The molecule has 0 aromatic rings. The van der Waals surface area contributed by atoms with Crippen molar-refractivity contribution < 1.29 is 38.0 Å². The molecule has 1 heterocycles. The van der Waals surface area contributed by atoms with E-state index in [1.807, 2.05) is 14.1 Å². The molecule has 0 aromatic carbocycles. The van der Waals surface area contributed by atoms with Crippen LogP contribution in [-0.4, -0.2) is 128 Å². The number of ether oxygens (including phenoxy) is 6. The van der Waals surface area contributed by atoms with Crippen molar-refractivity contribution in [2.24, 2.45) is 0 Å². The quantitative estimate of drug-likeness (QED) is 0.177. The molecule has 30 heavy (non-hydrogen) atoms. The molecular formula is C20H36N2O8. The molecule has 0 spiro atoms. The minimum absolute atomic E-state index is 0.253. The lowest BCUT2D eigenvalue weighted by Gasteiger charge is -2.13. The molecule has 1 aliphatic heterocycles. The lowest BCUT2D eigenvalue weighted by molar-refractivity contribution is -0.137. The summed E-state index contributed by atoms with van der Waals surface area (Å²) in [6, 6.07) is 0. The Hall–Kier alpha value is -1.40. The average Bonchev–Trinajstić information content (AvgIpc) is 3.04. The maximum absolute atomic E-state index is 11.3. The molecular weight excluding hydrogens is 396 g/mol. The van der Waals surface area contributed by atoms with Gasteiger partial charge in [-0.05, 0) is 14.1 Å². The largest absolute Gasteiger partial charge is 0.378 e. The number of likely N-dealkylation sites (N-methyl/N-ethyl adjacent to an activating group) is 1. The lowest BCUT2D eigenvalue weighted by Crippen LogP contribution is -2.33. The Labute approximate surface area is 179 Å². The third-order valence-corrected chi connectivity index (χ3v) is 3.90. The number of carbonyl (C=O) groups excluding carboxylic acids is 2. The maximum Gasteiger partial charge on any atom is 0.253 e. The van der Waals surface area contributed by atoms with Crippen LogP contribution in [-0.2, 0) is 38.0 Å². The maximum atomic E-state index is 11.3. The van der Waals surface area contributed by atoms with E-state index >= 15 is 0 Å². The lowest BCUT2D eigenvalue weighted by atomic mass is 10.5.